The normalized spacial score (nSPS) is 21.3. The fourth-order valence-corrected chi connectivity index (χ4v) is 2.06. The van der Waals surface area contributed by atoms with Crippen molar-refractivity contribution in [2.75, 3.05) is 11.9 Å². The topological polar surface area (TPSA) is 12.0 Å². The monoisotopic (exact) mass is 225 g/mol. The van der Waals surface area contributed by atoms with Gasteiger partial charge in [-0.2, -0.15) is 0 Å². The van der Waals surface area contributed by atoms with Crippen LogP contribution in [-0.2, 0) is 0 Å². The molecule has 12 heavy (non-hydrogen) atoms. The highest BCUT2D eigenvalue weighted by Gasteiger charge is 2.15. The summed E-state index contributed by atoms with van der Waals surface area (Å²) in [7, 11) is 0. The quantitative estimate of drug-likeness (QED) is 0.715. The second kappa shape index (κ2) is 3.09. The molecular weight excluding hydrogens is 214 g/mol. The van der Waals surface area contributed by atoms with Crippen LogP contribution in [0.4, 0.5) is 5.69 Å². The first kappa shape index (κ1) is 8.11. The molecule has 0 spiro atoms. The van der Waals surface area contributed by atoms with Crippen molar-refractivity contribution >= 4 is 21.6 Å². The van der Waals surface area contributed by atoms with Crippen molar-refractivity contribution in [1.29, 1.82) is 0 Å². The van der Waals surface area contributed by atoms with Crippen molar-refractivity contribution in [2.24, 2.45) is 0 Å². The molecule has 0 radical (unpaired) electrons. The third kappa shape index (κ3) is 1.36. The van der Waals surface area contributed by atoms with Crippen LogP contribution in [0.15, 0.2) is 22.7 Å². The van der Waals surface area contributed by atoms with Crippen LogP contribution in [0.1, 0.15) is 24.8 Å². The van der Waals surface area contributed by atoms with E-state index in [2.05, 4.69) is 46.4 Å². The average Bonchev–Trinajstić information content (AvgIpc) is 2.07. The molecule has 1 N–H and O–H groups in total. The Balaban J connectivity index is 2.47. The number of hydrogen-bond donors (Lipinski definition) is 1. The third-order valence-corrected chi connectivity index (χ3v) is 2.93. The van der Waals surface area contributed by atoms with Crippen molar-refractivity contribution < 1.29 is 0 Å². The Labute approximate surface area is 81.3 Å². The average molecular weight is 226 g/mol. The van der Waals surface area contributed by atoms with E-state index in [1.165, 1.54) is 22.1 Å². The lowest BCUT2D eigenvalue weighted by molar-refractivity contribution is 0.683. The van der Waals surface area contributed by atoms with Gasteiger partial charge in [0.15, 0.2) is 0 Å². The Morgan fingerprint density at radius 3 is 3.17 bits per heavy atom. The molecule has 0 amide bonds. The van der Waals surface area contributed by atoms with Crippen molar-refractivity contribution in [3.05, 3.63) is 28.2 Å². The molecule has 0 unspecified atom stereocenters. The predicted molar refractivity (Wildman–Crippen MR) is 55.7 cm³/mol. The minimum Gasteiger partial charge on any atom is -0.385 e. The zero-order valence-electron chi connectivity index (χ0n) is 7.10. The van der Waals surface area contributed by atoms with Gasteiger partial charge in [0.05, 0.1) is 0 Å². The van der Waals surface area contributed by atoms with E-state index in [9.17, 15) is 0 Å². The molecule has 1 aromatic carbocycles. The highest BCUT2D eigenvalue weighted by molar-refractivity contribution is 9.10. The molecule has 2 rings (SSSR count). The number of anilines is 1. The third-order valence-electron chi connectivity index (χ3n) is 2.44. The van der Waals surface area contributed by atoms with Crippen molar-refractivity contribution in [3.8, 4) is 0 Å². The first-order valence-corrected chi connectivity index (χ1v) is 5.10. The van der Waals surface area contributed by atoms with Crippen LogP contribution in [0.25, 0.3) is 0 Å². The lowest BCUT2D eigenvalue weighted by Crippen LogP contribution is -2.14. The van der Waals surface area contributed by atoms with E-state index in [0.29, 0.717) is 5.92 Å². The Hall–Kier alpha value is -0.500. The Bertz CT molecular complexity index is 296. The van der Waals surface area contributed by atoms with Gasteiger partial charge >= 0.3 is 0 Å². The summed E-state index contributed by atoms with van der Waals surface area (Å²) in [5.74, 6) is 0.693. The molecule has 0 saturated heterocycles. The first-order chi connectivity index (χ1) is 5.77. The maximum atomic E-state index is 3.49. The van der Waals surface area contributed by atoms with E-state index in [1.807, 2.05) is 0 Å². The molecule has 64 valence electrons. The molecule has 0 aromatic heterocycles. The minimum atomic E-state index is 0.693. The van der Waals surface area contributed by atoms with Gasteiger partial charge in [0.2, 0.25) is 0 Å². The van der Waals surface area contributed by atoms with Gasteiger partial charge in [0.25, 0.3) is 0 Å². The molecule has 1 nitrogen and oxygen atoms in total. The van der Waals surface area contributed by atoms with Crippen LogP contribution in [0, 0.1) is 0 Å². The highest BCUT2D eigenvalue weighted by Crippen LogP contribution is 2.32. The zero-order chi connectivity index (χ0) is 8.55. The molecule has 0 fully saturated rings. The van der Waals surface area contributed by atoms with E-state index in [0.717, 1.165) is 6.54 Å². The van der Waals surface area contributed by atoms with Crippen LogP contribution < -0.4 is 5.32 Å². The molecule has 1 aliphatic heterocycles. The lowest BCUT2D eigenvalue weighted by atomic mass is 9.93. The van der Waals surface area contributed by atoms with Crippen molar-refractivity contribution in [2.45, 2.75) is 19.3 Å². The number of nitrogens with one attached hydrogen (secondary N) is 1. The summed E-state index contributed by atoms with van der Waals surface area (Å²) in [5.41, 5.74) is 2.74. The molecule has 1 aromatic rings. The highest BCUT2D eigenvalue weighted by atomic mass is 79.9. The fourth-order valence-electron chi connectivity index (χ4n) is 1.68. The second-order valence-electron chi connectivity index (χ2n) is 3.35. The number of hydrogen-bond acceptors (Lipinski definition) is 1. The molecule has 0 aliphatic carbocycles. The largest absolute Gasteiger partial charge is 0.385 e. The molecular formula is C10H12BrN. The smallest absolute Gasteiger partial charge is 0.0376 e. The van der Waals surface area contributed by atoms with Crippen LogP contribution in [0.5, 0.6) is 0 Å². The summed E-state index contributed by atoms with van der Waals surface area (Å²) >= 11 is 3.49. The van der Waals surface area contributed by atoms with Gasteiger partial charge in [0.1, 0.15) is 0 Å². The van der Waals surface area contributed by atoms with E-state index in [4.69, 9.17) is 0 Å². The first-order valence-electron chi connectivity index (χ1n) is 4.30. The van der Waals surface area contributed by atoms with Crippen LogP contribution in [0.2, 0.25) is 0 Å². The van der Waals surface area contributed by atoms with Gasteiger partial charge < -0.3 is 5.32 Å². The Kier molecular flexibility index (Phi) is 2.09. The molecule has 1 atom stereocenters. The second-order valence-corrected chi connectivity index (χ2v) is 4.26. The van der Waals surface area contributed by atoms with E-state index < -0.39 is 0 Å². The van der Waals surface area contributed by atoms with Gasteiger partial charge in [-0.05, 0) is 36.1 Å². The van der Waals surface area contributed by atoms with E-state index in [-0.39, 0.29) is 0 Å². The fraction of sp³-hybridized carbons (Fsp3) is 0.400. The van der Waals surface area contributed by atoms with Gasteiger partial charge in [-0.25, -0.2) is 0 Å². The van der Waals surface area contributed by atoms with Gasteiger partial charge in [-0.1, -0.05) is 22.9 Å². The maximum absolute atomic E-state index is 3.49. The number of halogens is 1. The Morgan fingerprint density at radius 1 is 1.50 bits per heavy atom. The van der Waals surface area contributed by atoms with Gasteiger partial charge in [-0.15, -0.1) is 0 Å². The molecule has 0 bridgehead atoms. The summed E-state index contributed by atoms with van der Waals surface area (Å²) in [6.07, 6.45) is 1.24. The SMILES string of the molecule is C[C@@H]1CCNc2ccc(Br)cc21. The number of fused-ring (bicyclic) bond motifs is 1. The van der Waals surface area contributed by atoms with Gasteiger partial charge in [0, 0.05) is 16.7 Å². The van der Waals surface area contributed by atoms with E-state index in [1.54, 1.807) is 0 Å². The van der Waals surface area contributed by atoms with Crippen LogP contribution >= 0.6 is 15.9 Å². The predicted octanol–water partition coefficient (Wildman–Crippen LogP) is 3.37. The van der Waals surface area contributed by atoms with Crippen LogP contribution in [0.3, 0.4) is 0 Å². The number of benzene rings is 1. The summed E-state index contributed by atoms with van der Waals surface area (Å²) < 4.78 is 1.18. The van der Waals surface area contributed by atoms with Gasteiger partial charge in [-0.3, -0.25) is 0 Å². The molecule has 1 aliphatic rings. The van der Waals surface area contributed by atoms with E-state index >= 15 is 0 Å². The maximum Gasteiger partial charge on any atom is 0.0376 e. The summed E-state index contributed by atoms with van der Waals surface area (Å²) in [5, 5.41) is 3.40. The summed E-state index contributed by atoms with van der Waals surface area (Å²) in [4.78, 5) is 0. The van der Waals surface area contributed by atoms with Crippen molar-refractivity contribution in [3.63, 3.8) is 0 Å². The van der Waals surface area contributed by atoms with Crippen LogP contribution in [-0.4, -0.2) is 6.54 Å². The molecule has 1 heterocycles. The molecule has 2 heteroatoms. The lowest BCUT2D eigenvalue weighted by Gasteiger charge is -2.23. The minimum absolute atomic E-state index is 0.693. The number of rotatable bonds is 0. The molecule has 0 saturated carbocycles. The Morgan fingerprint density at radius 2 is 2.33 bits per heavy atom. The summed E-state index contributed by atoms with van der Waals surface area (Å²) in [6, 6.07) is 6.45. The zero-order valence-corrected chi connectivity index (χ0v) is 8.69. The summed E-state index contributed by atoms with van der Waals surface area (Å²) in [6.45, 7) is 3.39. The van der Waals surface area contributed by atoms with Crippen molar-refractivity contribution in [1.82, 2.24) is 0 Å². The standard InChI is InChI=1S/C10H12BrN/c1-7-4-5-12-10-3-2-8(11)6-9(7)10/h2-3,6-7,12H,4-5H2,1H3/t7-/m1/s1.